The van der Waals surface area contributed by atoms with E-state index in [2.05, 4.69) is 26.6 Å². The molecule has 6 heteroatoms. The van der Waals surface area contributed by atoms with E-state index >= 15 is 0 Å². The molecular formula is C24H25N5O. The van der Waals surface area contributed by atoms with Gasteiger partial charge in [0.25, 0.3) is 5.56 Å². The quantitative estimate of drug-likeness (QED) is 0.509. The van der Waals surface area contributed by atoms with Gasteiger partial charge < -0.3 is 9.88 Å². The minimum absolute atomic E-state index is 0.0135. The highest BCUT2D eigenvalue weighted by Crippen LogP contribution is 2.36. The number of rotatable bonds is 4. The lowest BCUT2D eigenvalue weighted by Gasteiger charge is -2.23. The standard InChI is InChI=1S/C24H25N5O/c1-14-7-8-18(26-23-12-21(27-28-23)16-5-4-6-16)11-19(14)20-10-17-13-25-15(2)9-22(17)29(3)24(20)30/h7-13,16H,4-6H2,1-3H3,(H2,26,27,28). The molecule has 152 valence electrons. The molecule has 1 aliphatic rings. The molecule has 0 bridgehead atoms. The number of benzene rings is 1. The van der Waals surface area contributed by atoms with Crippen molar-refractivity contribution in [2.24, 2.45) is 7.05 Å². The van der Waals surface area contributed by atoms with Crippen molar-refractivity contribution in [1.29, 1.82) is 0 Å². The fraction of sp³-hybridized carbons (Fsp3) is 0.292. The van der Waals surface area contributed by atoms with Crippen LogP contribution in [-0.2, 0) is 7.05 Å². The molecule has 3 aromatic heterocycles. The van der Waals surface area contributed by atoms with Gasteiger partial charge in [0.1, 0.15) is 0 Å². The van der Waals surface area contributed by atoms with Gasteiger partial charge in [-0.3, -0.25) is 14.9 Å². The minimum atomic E-state index is -0.0135. The number of nitrogens with zero attached hydrogens (tertiary/aromatic N) is 3. The zero-order valence-corrected chi connectivity index (χ0v) is 17.5. The number of nitrogens with one attached hydrogen (secondary N) is 2. The molecule has 0 atom stereocenters. The fourth-order valence-corrected chi connectivity index (χ4v) is 4.12. The first-order valence-corrected chi connectivity index (χ1v) is 10.4. The Morgan fingerprint density at radius 3 is 2.70 bits per heavy atom. The molecule has 6 nitrogen and oxygen atoms in total. The van der Waals surface area contributed by atoms with Crippen molar-refractivity contribution >= 4 is 22.4 Å². The predicted octanol–water partition coefficient (Wildman–Crippen LogP) is 4.95. The van der Waals surface area contributed by atoms with Gasteiger partial charge in [0.05, 0.1) is 5.52 Å². The number of aromatic nitrogens is 4. The first kappa shape index (κ1) is 18.6. The Balaban J connectivity index is 1.53. The maximum absolute atomic E-state index is 13.1. The average molecular weight is 399 g/mol. The summed E-state index contributed by atoms with van der Waals surface area (Å²) in [6.45, 7) is 3.96. The predicted molar refractivity (Wildman–Crippen MR) is 120 cm³/mol. The summed E-state index contributed by atoms with van der Waals surface area (Å²) in [4.78, 5) is 17.5. The number of pyridine rings is 2. The van der Waals surface area contributed by atoms with Gasteiger partial charge in [-0.1, -0.05) is 12.5 Å². The van der Waals surface area contributed by atoms with E-state index < -0.39 is 0 Å². The Morgan fingerprint density at radius 1 is 1.10 bits per heavy atom. The van der Waals surface area contributed by atoms with Gasteiger partial charge in [-0.15, -0.1) is 0 Å². The average Bonchev–Trinajstić information content (AvgIpc) is 3.13. The highest BCUT2D eigenvalue weighted by atomic mass is 16.1. The third-order valence-corrected chi connectivity index (χ3v) is 6.19. The summed E-state index contributed by atoms with van der Waals surface area (Å²) in [5, 5.41) is 11.9. The van der Waals surface area contributed by atoms with E-state index in [1.165, 1.54) is 25.0 Å². The zero-order valence-electron chi connectivity index (χ0n) is 17.5. The molecule has 1 aliphatic carbocycles. The van der Waals surface area contributed by atoms with Gasteiger partial charge in [-0.25, -0.2) is 0 Å². The Bertz CT molecular complexity index is 1310. The van der Waals surface area contributed by atoms with Crippen molar-refractivity contribution in [3.05, 3.63) is 69.9 Å². The van der Waals surface area contributed by atoms with E-state index in [-0.39, 0.29) is 5.56 Å². The van der Waals surface area contributed by atoms with Crippen LogP contribution in [-0.4, -0.2) is 19.7 Å². The molecule has 30 heavy (non-hydrogen) atoms. The van der Waals surface area contributed by atoms with Crippen molar-refractivity contribution < 1.29 is 0 Å². The summed E-state index contributed by atoms with van der Waals surface area (Å²) in [5.74, 6) is 1.41. The van der Waals surface area contributed by atoms with Crippen molar-refractivity contribution in [2.75, 3.05) is 5.32 Å². The topological polar surface area (TPSA) is 75.6 Å². The second-order valence-corrected chi connectivity index (χ2v) is 8.30. The van der Waals surface area contributed by atoms with Crippen molar-refractivity contribution in [2.45, 2.75) is 39.0 Å². The lowest BCUT2D eigenvalue weighted by atomic mass is 9.83. The van der Waals surface area contributed by atoms with Crippen molar-refractivity contribution in [1.82, 2.24) is 19.7 Å². The minimum Gasteiger partial charge on any atom is -0.339 e. The van der Waals surface area contributed by atoms with Crippen LogP contribution in [0.25, 0.3) is 22.0 Å². The van der Waals surface area contributed by atoms with Crippen molar-refractivity contribution in [3.8, 4) is 11.1 Å². The first-order valence-electron chi connectivity index (χ1n) is 10.4. The molecule has 4 aromatic rings. The van der Waals surface area contributed by atoms with Gasteiger partial charge in [0.2, 0.25) is 0 Å². The third-order valence-electron chi connectivity index (χ3n) is 6.19. The molecule has 0 saturated heterocycles. The molecule has 2 N–H and O–H groups in total. The van der Waals surface area contributed by atoms with Crippen LogP contribution >= 0.6 is 0 Å². The Kier molecular flexibility index (Phi) is 4.42. The Labute approximate surface area is 175 Å². The summed E-state index contributed by atoms with van der Waals surface area (Å²) < 4.78 is 1.71. The maximum atomic E-state index is 13.1. The lowest BCUT2D eigenvalue weighted by Crippen LogP contribution is -2.19. The molecule has 0 unspecified atom stereocenters. The SMILES string of the molecule is Cc1cc2c(cn1)cc(-c1cc(Nc3cc(C4CCC4)[nH]n3)ccc1C)c(=O)n2C. The summed E-state index contributed by atoms with van der Waals surface area (Å²) in [6.07, 6.45) is 5.59. The van der Waals surface area contributed by atoms with Crippen molar-refractivity contribution in [3.63, 3.8) is 0 Å². The first-order chi connectivity index (χ1) is 14.5. The number of H-pyrrole nitrogens is 1. The highest BCUT2D eigenvalue weighted by molar-refractivity contribution is 5.85. The van der Waals surface area contributed by atoms with Gasteiger partial charge in [-0.2, -0.15) is 5.10 Å². The van der Waals surface area contributed by atoms with E-state index in [1.807, 2.05) is 57.4 Å². The van der Waals surface area contributed by atoms with Crippen LogP contribution in [0.5, 0.6) is 0 Å². The smallest absolute Gasteiger partial charge is 0.258 e. The molecule has 0 spiro atoms. The summed E-state index contributed by atoms with van der Waals surface area (Å²) in [5.41, 5.74) is 6.52. The Hall–Kier alpha value is -3.41. The van der Waals surface area contributed by atoms with E-state index in [9.17, 15) is 4.79 Å². The Morgan fingerprint density at radius 2 is 1.93 bits per heavy atom. The van der Waals surface area contributed by atoms with E-state index in [0.717, 1.165) is 39.2 Å². The third kappa shape index (κ3) is 3.18. The van der Waals surface area contributed by atoms with Crippen LogP contribution in [0.1, 0.15) is 42.1 Å². The normalized spacial score (nSPS) is 14.1. The molecule has 1 aromatic carbocycles. The number of hydrogen-bond acceptors (Lipinski definition) is 4. The summed E-state index contributed by atoms with van der Waals surface area (Å²) >= 11 is 0. The van der Waals surface area contributed by atoms with E-state index in [0.29, 0.717) is 11.5 Å². The highest BCUT2D eigenvalue weighted by Gasteiger charge is 2.21. The zero-order chi connectivity index (χ0) is 20.8. The van der Waals surface area contributed by atoms with Gasteiger partial charge in [0, 0.05) is 53.3 Å². The summed E-state index contributed by atoms with van der Waals surface area (Å²) in [6, 6.07) is 12.1. The van der Waals surface area contributed by atoms with Gasteiger partial charge >= 0.3 is 0 Å². The summed E-state index contributed by atoms with van der Waals surface area (Å²) in [7, 11) is 1.82. The van der Waals surface area contributed by atoms with E-state index in [1.54, 1.807) is 4.57 Å². The molecule has 1 fully saturated rings. The van der Waals surface area contributed by atoms with Crippen LogP contribution in [0.2, 0.25) is 0 Å². The lowest BCUT2D eigenvalue weighted by molar-refractivity contribution is 0.410. The number of hydrogen-bond donors (Lipinski definition) is 2. The van der Waals surface area contributed by atoms with Crippen LogP contribution in [0.4, 0.5) is 11.5 Å². The molecule has 5 rings (SSSR count). The number of aryl methyl sites for hydroxylation is 3. The molecule has 0 radical (unpaired) electrons. The second kappa shape index (κ2) is 7.13. The van der Waals surface area contributed by atoms with Gasteiger partial charge in [0.15, 0.2) is 5.82 Å². The van der Waals surface area contributed by atoms with Gasteiger partial charge in [-0.05, 0) is 62.1 Å². The fourth-order valence-electron chi connectivity index (χ4n) is 4.12. The maximum Gasteiger partial charge on any atom is 0.258 e. The van der Waals surface area contributed by atoms with Crippen LogP contribution < -0.4 is 10.9 Å². The number of fused-ring (bicyclic) bond motifs is 1. The number of anilines is 2. The number of aromatic amines is 1. The van der Waals surface area contributed by atoms with Crippen LogP contribution in [0.3, 0.4) is 0 Å². The molecule has 0 aliphatic heterocycles. The molecule has 3 heterocycles. The molecule has 0 amide bonds. The molecule has 1 saturated carbocycles. The molecular weight excluding hydrogens is 374 g/mol. The second-order valence-electron chi connectivity index (χ2n) is 8.30. The largest absolute Gasteiger partial charge is 0.339 e. The van der Waals surface area contributed by atoms with E-state index in [4.69, 9.17) is 0 Å². The van der Waals surface area contributed by atoms with Crippen LogP contribution in [0.15, 0.2) is 47.4 Å². The monoisotopic (exact) mass is 399 g/mol. The van der Waals surface area contributed by atoms with Crippen LogP contribution in [0, 0.1) is 13.8 Å².